The van der Waals surface area contributed by atoms with Crippen molar-refractivity contribution < 1.29 is 18.0 Å². The van der Waals surface area contributed by atoms with E-state index in [-0.39, 0.29) is 40.9 Å². The monoisotopic (exact) mass is 306 g/mol. The largest absolute Gasteiger partial charge is 0.446 e. The van der Waals surface area contributed by atoms with Gasteiger partial charge in [-0.1, -0.05) is 13.8 Å². The first kappa shape index (κ1) is 16.8. The minimum absolute atomic E-state index is 0.0781. The summed E-state index contributed by atoms with van der Waals surface area (Å²) in [7, 11) is 0. The fourth-order valence-corrected chi connectivity index (χ4v) is 1.94. The fraction of sp³-hybridized carbons (Fsp3) is 0.462. The van der Waals surface area contributed by atoms with Gasteiger partial charge >= 0.3 is 5.51 Å². The van der Waals surface area contributed by atoms with Gasteiger partial charge in [0.2, 0.25) is 5.91 Å². The summed E-state index contributed by atoms with van der Waals surface area (Å²) >= 11 is -0.190. The van der Waals surface area contributed by atoms with Gasteiger partial charge in [0.1, 0.15) is 0 Å². The Hall–Kier alpha value is -1.21. The number of halogens is 3. The molecule has 7 heteroatoms. The number of hydrogen-bond donors (Lipinski definition) is 2. The van der Waals surface area contributed by atoms with Crippen molar-refractivity contribution >= 4 is 23.4 Å². The molecule has 0 heterocycles. The SMILES string of the molecule is CC(C)C(N)CC(=O)Nc1ccc(SC(F)(F)F)cc1. The Morgan fingerprint density at radius 2 is 1.85 bits per heavy atom. The summed E-state index contributed by atoms with van der Waals surface area (Å²) < 4.78 is 36.5. The predicted molar refractivity (Wildman–Crippen MR) is 74.4 cm³/mol. The van der Waals surface area contributed by atoms with E-state index < -0.39 is 5.51 Å². The molecule has 1 aromatic rings. The summed E-state index contributed by atoms with van der Waals surface area (Å²) in [4.78, 5) is 11.7. The minimum Gasteiger partial charge on any atom is -0.327 e. The van der Waals surface area contributed by atoms with Crippen LogP contribution in [0.15, 0.2) is 29.2 Å². The van der Waals surface area contributed by atoms with Gasteiger partial charge < -0.3 is 11.1 Å². The second-order valence-corrected chi connectivity index (χ2v) is 5.87. The van der Waals surface area contributed by atoms with Gasteiger partial charge in [0, 0.05) is 23.0 Å². The fourth-order valence-electron chi connectivity index (χ4n) is 1.40. The molecule has 1 aromatic carbocycles. The van der Waals surface area contributed by atoms with E-state index in [2.05, 4.69) is 5.32 Å². The Bertz CT molecular complexity index is 446. The lowest BCUT2D eigenvalue weighted by atomic mass is 10.0. The molecule has 0 bridgehead atoms. The lowest BCUT2D eigenvalue weighted by Crippen LogP contribution is -2.31. The number of carbonyl (C=O) groups excluding carboxylic acids is 1. The van der Waals surface area contributed by atoms with Gasteiger partial charge in [-0.2, -0.15) is 13.2 Å². The number of rotatable bonds is 5. The number of amides is 1. The first-order chi connectivity index (χ1) is 9.17. The zero-order chi connectivity index (χ0) is 15.3. The molecule has 20 heavy (non-hydrogen) atoms. The zero-order valence-electron chi connectivity index (χ0n) is 11.2. The topological polar surface area (TPSA) is 55.1 Å². The molecule has 0 aromatic heterocycles. The molecule has 1 atom stereocenters. The summed E-state index contributed by atoms with van der Waals surface area (Å²) in [6.45, 7) is 3.84. The van der Waals surface area contributed by atoms with Crippen LogP contribution in [0, 0.1) is 5.92 Å². The van der Waals surface area contributed by atoms with E-state index in [0.717, 1.165) is 0 Å². The number of nitrogens with one attached hydrogen (secondary N) is 1. The summed E-state index contributed by atoms with van der Waals surface area (Å²) in [6.07, 6.45) is 0.177. The first-order valence-electron chi connectivity index (χ1n) is 6.08. The van der Waals surface area contributed by atoms with Crippen LogP contribution in [0.5, 0.6) is 0 Å². The van der Waals surface area contributed by atoms with Gasteiger partial charge in [0.25, 0.3) is 0 Å². The third kappa shape index (κ3) is 6.29. The molecule has 0 aliphatic heterocycles. The van der Waals surface area contributed by atoms with E-state index in [9.17, 15) is 18.0 Å². The van der Waals surface area contributed by atoms with Crippen molar-refractivity contribution in [2.75, 3.05) is 5.32 Å². The van der Waals surface area contributed by atoms with Gasteiger partial charge in [0.15, 0.2) is 0 Å². The van der Waals surface area contributed by atoms with Gasteiger partial charge in [-0.05, 0) is 41.9 Å². The lowest BCUT2D eigenvalue weighted by Gasteiger charge is -2.15. The Kier molecular flexibility index (Phi) is 5.88. The molecule has 3 N–H and O–H groups in total. The maximum Gasteiger partial charge on any atom is 0.446 e. The highest BCUT2D eigenvalue weighted by atomic mass is 32.2. The van der Waals surface area contributed by atoms with Crippen LogP contribution >= 0.6 is 11.8 Å². The number of alkyl halides is 3. The molecule has 112 valence electrons. The number of anilines is 1. The smallest absolute Gasteiger partial charge is 0.327 e. The standard InChI is InChI=1S/C13H17F3N2OS/c1-8(2)11(17)7-12(19)18-9-3-5-10(6-4-9)20-13(14,15)16/h3-6,8,11H,7,17H2,1-2H3,(H,18,19). The van der Waals surface area contributed by atoms with E-state index in [1.165, 1.54) is 24.3 Å². The Balaban J connectivity index is 2.55. The second-order valence-electron chi connectivity index (χ2n) is 4.73. The number of benzene rings is 1. The molecular formula is C13H17F3N2OS. The van der Waals surface area contributed by atoms with Crippen molar-refractivity contribution in [1.29, 1.82) is 0 Å². The molecule has 0 saturated heterocycles. The molecule has 3 nitrogen and oxygen atoms in total. The summed E-state index contributed by atoms with van der Waals surface area (Å²) in [5, 5.41) is 2.61. The number of nitrogens with two attached hydrogens (primary N) is 1. The lowest BCUT2D eigenvalue weighted by molar-refractivity contribution is -0.116. The molecule has 0 spiro atoms. The molecule has 0 saturated carbocycles. The first-order valence-corrected chi connectivity index (χ1v) is 6.90. The van der Waals surface area contributed by atoms with Crippen molar-refractivity contribution in [3.63, 3.8) is 0 Å². The third-order valence-corrected chi connectivity index (χ3v) is 3.39. The van der Waals surface area contributed by atoms with Crippen LogP contribution < -0.4 is 11.1 Å². The van der Waals surface area contributed by atoms with Crippen LogP contribution in [0.2, 0.25) is 0 Å². The highest BCUT2D eigenvalue weighted by Crippen LogP contribution is 2.37. The average molecular weight is 306 g/mol. The minimum atomic E-state index is -4.31. The van der Waals surface area contributed by atoms with Crippen molar-refractivity contribution in [3.05, 3.63) is 24.3 Å². The van der Waals surface area contributed by atoms with Crippen molar-refractivity contribution in [3.8, 4) is 0 Å². The number of thioether (sulfide) groups is 1. The molecule has 0 aliphatic rings. The van der Waals surface area contributed by atoms with E-state index in [1.54, 1.807) is 0 Å². The number of carbonyl (C=O) groups is 1. The van der Waals surface area contributed by atoms with Crippen LogP contribution in [0.4, 0.5) is 18.9 Å². The molecule has 1 unspecified atom stereocenters. The average Bonchev–Trinajstić information content (AvgIpc) is 2.29. The van der Waals surface area contributed by atoms with Gasteiger partial charge in [-0.15, -0.1) is 0 Å². The summed E-state index contributed by atoms with van der Waals surface area (Å²) in [6, 6.07) is 5.27. The molecule has 0 fully saturated rings. The quantitative estimate of drug-likeness (QED) is 0.817. The van der Waals surface area contributed by atoms with Gasteiger partial charge in [0.05, 0.1) is 0 Å². The second kappa shape index (κ2) is 6.99. The van der Waals surface area contributed by atoms with Gasteiger partial charge in [-0.3, -0.25) is 4.79 Å². The van der Waals surface area contributed by atoms with Crippen molar-refractivity contribution in [1.82, 2.24) is 0 Å². The van der Waals surface area contributed by atoms with Gasteiger partial charge in [-0.25, -0.2) is 0 Å². The maximum atomic E-state index is 12.2. The Morgan fingerprint density at radius 1 is 1.30 bits per heavy atom. The zero-order valence-corrected chi connectivity index (χ0v) is 12.0. The molecular weight excluding hydrogens is 289 g/mol. The summed E-state index contributed by atoms with van der Waals surface area (Å²) in [5.41, 5.74) is 1.92. The van der Waals surface area contributed by atoms with Crippen LogP contribution in [0.3, 0.4) is 0 Å². The maximum absolute atomic E-state index is 12.2. The number of hydrogen-bond acceptors (Lipinski definition) is 3. The van der Waals surface area contributed by atoms with E-state index >= 15 is 0 Å². The Morgan fingerprint density at radius 3 is 2.30 bits per heavy atom. The van der Waals surface area contributed by atoms with E-state index in [0.29, 0.717) is 5.69 Å². The van der Waals surface area contributed by atoms with Crippen LogP contribution in [-0.4, -0.2) is 17.5 Å². The van der Waals surface area contributed by atoms with Crippen LogP contribution in [0.25, 0.3) is 0 Å². The van der Waals surface area contributed by atoms with Crippen molar-refractivity contribution in [2.45, 2.75) is 36.7 Å². The molecule has 1 rings (SSSR count). The van der Waals surface area contributed by atoms with Crippen molar-refractivity contribution in [2.24, 2.45) is 11.7 Å². The van der Waals surface area contributed by atoms with E-state index in [4.69, 9.17) is 5.73 Å². The van der Waals surface area contributed by atoms with Crippen LogP contribution in [0.1, 0.15) is 20.3 Å². The van der Waals surface area contributed by atoms with Crippen LogP contribution in [-0.2, 0) is 4.79 Å². The Labute approximate surface area is 120 Å². The highest BCUT2D eigenvalue weighted by Gasteiger charge is 2.29. The normalized spacial score (nSPS) is 13.3. The summed E-state index contributed by atoms with van der Waals surface area (Å²) in [5.74, 6) is -0.0614. The predicted octanol–water partition coefficient (Wildman–Crippen LogP) is 3.61. The molecule has 0 radical (unpaired) electrons. The van der Waals surface area contributed by atoms with E-state index in [1.807, 2.05) is 13.8 Å². The highest BCUT2D eigenvalue weighted by molar-refractivity contribution is 8.00. The molecule has 0 aliphatic carbocycles. The molecule has 1 amide bonds. The third-order valence-electron chi connectivity index (χ3n) is 2.65.